The molecule has 1 aromatic carbocycles. The lowest BCUT2D eigenvalue weighted by Gasteiger charge is -2.29. The van der Waals surface area contributed by atoms with Crippen LogP contribution in [0.4, 0.5) is 11.4 Å². The molecule has 0 amide bonds. The highest BCUT2D eigenvalue weighted by molar-refractivity contribution is 5.68. The Kier molecular flexibility index (Phi) is 3.54. The number of nitrogens with zero attached hydrogens (tertiary/aromatic N) is 2. The van der Waals surface area contributed by atoms with Gasteiger partial charge < -0.3 is 20.6 Å². The monoisotopic (exact) mass is 235 g/mol. The summed E-state index contributed by atoms with van der Waals surface area (Å²) >= 11 is 0. The molecule has 94 valence electrons. The Hall–Kier alpha value is -1.26. The minimum atomic E-state index is -0.250. The quantitative estimate of drug-likeness (QED) is 0.760. The van der Waals surface area contributed by atoms with Crippen LogP contribution in [-0.2, 0) is 0 Å². The predicted molar refractivity (Wildman–Crippen MR) is 71.2 cm³/mol. The van der Waals surface area contributed by atoms with Crippen molar-refractivity contribution in [2.45, 2.75) is 18.6 Å². The molecule has 2 unspecified atom stereocenters. The number of β-amino-alcohol motifs (C(OH)–C–C–N with tert-alkyl or cyclic N) is 1. The second-order valence-electron chi connectivity index (χ2n) is 5.02. The van der Waals surface area contributed by atoms with E-state index in [-0.39, 0.29) is 6.10 Å². The van der Waals surface area contributed by atoms with E-state index in [0.717, 1.165) is 24.3 Å². The number of rotatable bonds is 3. The van der Waals surface area contributed by atoms with Gasteiger partial charge in [0.2, 0.25) is 0 Å². The van der Waals surface area contributed by atoms with Gasteiger partial charge in [-0.1, -0.05) is 12.1 Å². The number of aliphatic hydroxyl groups excluding tert-OH is 1. The van der Waals surface area contributed by atoms with E-state index < -0.39 is 0 Å². The molecule has 0 aromatic heterocycles. The van der Waals surface area contributed by atoms with Crippen molar-refractivity contribution in [1.82, 2.24) is 4.90 Å². The summed E-state index contributed by atoms with van der Waals surface area (Å²) in [5.74, 6) is 0. The number of hydrogen-bond donors (Lipinski definition) is 2. The Morgan fingerprint density at radius 2 is 2.12 bits per heavy atom. The summed E-state index contributed by atoms with van der Waals surface area (Å²) in [4.78, 5) is 4.37. The van der Waals surface area contributed by atoms with Crippen molar-refractivity contribution in [1.29, 1.82) is 0 Å². The third-order valence-electron chi connectivity index (χ3n) is 3.21. The molecule has 1 heterocycles. The van der Waals surface area contributed by atoms with Gasteiger partial charge in [0.25, 0.3) is 0 Å². The van der Waals surface area contributed by atoms with Crippen molar-refractivity contribution in [2.75, 3.05) is 37.8 Å². The maximum Gasteiger partial charge on any atom is 0.0735 e. The van der Waals surface area contributed by atoms with E-state index in [2.05, 4.69) is 23.9 Å². The van der Waals surface area contributed by atoms with Crippen LogP contribution in [0.1, 0.15) is 6.42 Å². The van der Waals surface area contributed by atoms with E-state index in [9.17, 15) is 5.11 Å². The normalized spacial score (nSPS) is 24.6. The lowest BCUT2D eigenvalue weighted by molar-refractivity contribution is 0.191. The zero-order valence-corrected chi connectivity index (χ0v) is 10.5. The van der Waals surface area contributed by atoms with Gasteiger partial charge >= 0.3 is 0 Å². The summed E-state index contributed by atoms with van der Waals surface area (Å²) in [5, 5.41) is 9.83. The zero-order valence-electron chi connectivity index (χ0n) is 10.5. The Bertz CT molecular complexity index is 381. The van der Waals surface area contributed by atoms with Crippen LogP contribution in [0, 0.1) is 0 Å². The smallest absolute Gasteiger partial charge is 0.0735 e. The number of hydrogen-bond acceptors (Lipinski definition) is 4. The number of anilines is 2. The maximum absolute atomic E-state index is 9.83. The van der Waals surface area contributed by atoms with Crippen molar-refractivity contribution < 1.29 is 5.11 Å². The molecular formula is C13H21N3O. The molecule has 1 aliphatic rings. The summed E-state index contributed by atoms with van der Waals surface area (Å²) in [6, 6.07) is 8.20. The van der Waals surface area contributed by atoms with Crippen LogP contribution in [0.5, 0.6) is 0 Å². The minimum Gasteiger partial charge on any atom is -0.397 e. The molecule has 17 heavy (non-hydrogen) atoms. The third-order valence-corrected chi connectivity index (χ3v) is 3.21. The van der Waals surface area contributed by atoms with Gasteiger partial charge in [0.05, 0.1) is 17.5 Å². The molecule has 0 aliphatic carbocycles. The van der Waals surface area contributed by atoms with Crippen LogP contribution in [0.2, 0.25) is 0 Å². The summed E-state index contributed by atoms with van der Waals surface area (Å²) in [5.41, 5.74) is 7.82. The van der Waals surface area contributed by atoms with Crippen LogP contribution >= 0.6 is 0 Å². The molecule has 2 rings (SSSR count). The molecule has 2 atom stereocenters. The Morgan fingerprint density at radius 3 is 2.76 bits per heavy atom. The average Bonchev–Trinajstić information content (AvgIpc) is 2.59. The molecule has 0 spiro atoms. The molecule has 3 N–H and O–H groups in total. The number of nitrogens with two attached hydrogens (primary N) is 1. The van der Waals surface area contributed by atoms with Gasteiger partial charge in [-0.2, -0.15) is 0 Å². The number of benzene rings is 1. The molecule has 1 aliphatic heterocycles. The molecule has 4 nitrogen and oxygen atoms in total. The van der Waals surface area contributed by atoms with Gasteiger partial charge in [-0.15, -0.1) is 0 Å². The van der Waals surface area contributed by atoms with E-state index in [1.165, 1.54) is 0 Å². The molecular weight excluding hydrogens is 214 g/mol. The Morgan fingerprint density at radius 1 is 1.41 bits per heavy atom. The van der Waals surface area contributed by atoms with Crippen LogP contribution in [0.3, 0.4) is 0 Å². The van der Waals surface area contributed by atoms with E-state index in [4.69, 9.17) is 5.73 Å². The first-order valence-corrected chi connectivity index (χ1v) is 6.02. The fraction of sp³-hybridized carbons (Fsp3) is 0.538. The van der Waals surface area contributed by atoms with Gasteiger partial charge in [0.15, 0.2) is 0 Å². The van der Waals surface area contributed by atoms with Gasteiger partial charge in [-0.3, -0.25) is 0 Å². The molecule has 0 bridgehead atoms. The predicted octanol–water partition coefficient (Wildman–Crippen LogP) is 0.770. The topological polar surface area (TPSA) is 52.7 Å². The first-order valence-electron chi connectivity index (χ1n) is 6.02. The van der Waals surface area contributed by atoms with Gasteiger partial charge in [0.1, 0.15) is 0 Å². The summed E-state index contributed by atoms with van der Waals surface area (Å²) in [6.45, 7) is 1.61. The van der Waals surface area contributed by atoms with Gasteiger partial charge in [0, 0.05) is 19.1 Å². The van der Waals surface area contributed by atoms with Crippen molar-refractivity contribution >= 4 is 11.4 Å². The first-order chi connectivity index (χ1) is 8.08. The zero-order chi connectivity index (χ0) is 12.4. The highest BCUT2D eigenvalue weighted by Gasteiger charge is 2.31. The average molecular weight is 235 g/mol. The summed E-state index contributed by atoms with van der Waals surface area (Å²) in [7, 11) is 4.11. The van der Waals surface area contributed by atoms with Crippen molar-refractivity contribution in [2.24, 2.45) is 0 Å². The fourth-order valence-corrected chi connectivity index (χ4v) is 2.53. The van der Waals surface area contributed by atoms with Crippen LogP contribution in [0.25, 0.3) is 0 Å². The third kappa shape index (κ3) is 2.70. The van der Waals surface area contributed by atoms with Crippen LogP contribution < -0.4 is 10.6 Å². The highest BCUT2D eigenvalue weighted by atomic mass is 16.3. The number of likely N-dealkylation sites (N-methyl/N-ethyl adjacent to an activating group) is 1. The Labute approximate surface area is 103 Å². The second-order valence-corrected chi connectivity index (χ2v) is 5.02. The van der Waals surface area contributed by atoms with E-state index in [1.54, 1.807) is 0 Å². The summed E-state index contributed by atoms with van der Waals surface area (Å²) < 4.78 is 0. The minimum absolute atomic E-state index is 0.250. The van der Waals surface area contributed by atoms with E-state index in [0.29, 0.717) is 12.6 Å². The maximum atomic E-state index is 9.83. The standard InChI is InChI=1S/C13H21N3O/c1-15(2)8-10-7-11(17)9-16(10)13-6-4-3-5-12(13)14/h3-6,10-11,17H,7-9,14H2,1-2H3. The van der Waals surface area contributed by atoms with E-state index >= 15 is 0 Å². The van der Waals surface area contributed by atoms with Crippen molar-refractivity contribution in [3.8, 4) is 0 Å². The lowest BCUT2D eigenvalue weighted by Crippen LogP contribution is -2.37. The molecule has 0 radical (unpaired) electrons. The van der Waals surface area contributed by atoms with Gasteiger partial charge in [-0.25, -0.2) is 0 Å². The second kappa shape index (κ2) is 4.94. The largest absolute Gasteiger partial charge is 0.397 e. The number of para-hydroxylation sites is 2. The summed E-state index contributed by atoms with van der Waals surface area (Å²) in [6.07, 6.45) is 0.562. The fourth-order valence-electron chi connectivity index (χ4n) is 2.53. The highest BCUT2D eigenvalue weighted by Crippen LogP contribution is 2.30. The number of aliphatic hydroxyl groups is 1. The SMILES string of the molecule is CN(C)CC1CC(O)CN1c1ccccc1N. The molecule has 4 heteroatoms. The lowest BCUT2D eigenvalue weighted by atomic mass is 10.1. The molecule has 0 saturated carbocycles. The van der Waals surface area contributed by atoms with Crippen LogP contribution in [0.15, 0.2) is 24.3 Å². The number of nitrogen functional groups attached to an aromatic ring is 1. The first kappa shape index (κ1) is 12.2. The van der Waals surface area contributed by atoms with E-state index in [1.807, 2.05) is 24.3 Å². The molecule has 1 aromatic rings. The van der Waals surface area contributed by atoms with Crippen molar-refractivity contribution in [3.05, 3.63) is 24.3 Å². The van der Waals surface area contributed by atoms with Crippen molar-refractivity contribution in [3.63, 3.8) is 0 Å². The molecule has 1 fully saturated rings. The molecule has 1 saturated heterocycles. The van der Waals surface area contributed by atoms with Gasteiger partial charge in [-0.05, 0) is 32.6 Å². The Balaban J connectivity index is 2.21. The van der Waals surface area contributed by atoms with Crippen LogP contribution in [-0.4, -0.2) is 49.3 Å².